The summed E-state index contributed by atoms with van der Waals surface area (Å²) in [6.45, 7) is -0.582. The molecule has 0 heterocycles. The molecule has 0 spiro atoms. The van der Waals surface area contributed by atoms with Crippen LogP contribution in [-0.4, -0.2) is 30.0 Å². The molecule has 1 aliphatic rings. The Morgan fingerprint density at radius 3 is 2.16 bits per heavy atom. The summed E-state index contributed by atoms with van der Waals surface area (Å²) in [4.78, 5) is 50.4. The number of anilines is 1. The zero-order chi connectivity index (χ0) is 22.0. The molecule has 150 valence electrons. The summed E-state index contributed by atoms with van der Waals surface area (Å²) >= 11 is 0. The van der Waals surface area contributed by atoms with E-state index in [4.69, 9.17) is 10.00 Å². The minimum atomic E-state index is -0.882. The number of esters is 1. The van der Waals surface area contributed by atoms with E-state index in [1.165, 1.54) is 24.3 Å². The number of nitriles is 1. The van der Waals surface area contributed by atoms with Crippen molar-refractivity contribution in [2.24, 2.45) is 0 Å². The summed E-state index contributed by atoms with van der Waals surface area (Å²) in [5.41, 5.74) is 1.42. The number of carbonyl (C=O) groups is 4. The van der Waals surface area contributed by atoms with E-state index in [1.54, 1.807) is 42.5 Å². The summed E-state index contributed by atoms with van der Waals surface area (Å²) in [6.07, 6.45) is 0. The molecule has 31 heavy (non-hydrogen) atoms. The molecule has 4 rings (SSSR count). The fraction of sp³-hybridized carbons (Fsp3) is 0.0417. The Morgan fingerprint density at radius 2 is 1.48 bits per heavy atom. The minimum absolute atomic E-state index is 0.0244. The fourth-order valence-electron chi connectivity index (χ4n) is 3.35. The molecule has 7 nitrogen and oxygen atoms in total. The highest BCUT2D eigenvalue weighted by molar-refractivity contribution is 6.30. The summed E-state index contributed by atoms with van der Waals surface area (Å²) in [7, 11) is 0. The highest BCUT2D eigenvalue weighted by Crippen LogP contribution is 2.29. The van der Waals surface area contributed by atoms with Crippen LogP contribution in [0.5, 0.6) is 0 Å². The van der Waals surface area contributed by atoms with E-state index in [0.717, 1.165) is 0 Å². The van der Waals surface area contributed by atoms with E-state index >= 15 is 0 Å². The van der Waals surface area contributed by atoms with Gasteiger partial charge in [-0.25, -0.2) is 4.79 Å². The lowest BCUT2D eigenvalue weighted by Crippen LogP contribution is -2.26. The molecule has 0 atom stereocenters. The van der Waals surface area contributed by atoms with E-state index < -0.39 is 24.3 Å². The SMILES string of the molecule is N#Cc1ccc(NC(=O)COC(=O)c2cccc3c2C(=O)c2ccccc2C3=O)cc1. The van der Waals surface area contributed by atoms with Gasteiger partial charge >= 0.3 is 5.97 Å². The Hall–Kier alpha value is -4.57. The number of nitrogens with one attached hydrogen (secondary N) is 1. The number of ketones is 2. The smallest absolute Gasteiger partial charge is 0.339 e. The summed E-state index contributed by atoms with van der Waals surface area (Å²) in [5.74, 6) is -2.26. The van der Waals surface area contributed by atoms with Gasteiger partial charge in [-0.15, -0.1) is 0 Å². The van der Waals surface area contributed by atoms with Crippen LogP contribution in [0.25, 0.3) is 0 Å². The first-order valence-corrected chi connectivity index (χ1v) is 9.28. The first-order valence-electron chi connectivity index (χ1n) is 9.28. The van der Waals surface area contributed by atoms with Gasteiger partial charge in [0.25, 0.3) is 5.91 Å². The fourth-order valence-corrected chi connectivity index (χ4v) is 3.35. The van der Waals surface area contributed by atoms with Gasteiger partial charge in [0, 0.05) is 27.9 Å². The number of ether oxygens (including phenoxy) is 1. The number of carbonyl (C=O) groups excluding carboxylic acids is 4. The van der Waals surface area contributed by atoms with Crippen LogP contribution in [0, 0.1) is 11.3 Å². The monoisotopic (exact) mass is 410 g/mol. The Bertz CT molecular complexity index is 1290. The number of fused-ring (bicyclic) bond motifs is 2. The Kier molecular flexibility index (Phi) is 5.12. The van der Waals surface area contributed by atoms with Gasteiger partial charge in [0.05, 0.1) is 17.2 Å². The van der Waals surface area contributed by atoms with Crippen molar-refractivity contribution >= 4 is 29.1 Å². The van der Waals surface area contributed by atoms with Gasteiger partial charge in [0.1, 0.15) is 0 Å². The van der Waals surface area contributed by atoms with E-state index in [1.807, 2.05) is 6.07 Å². The maximum Gasteiger partial charge on any atom is 0.339 e. The molecule has 1 aliphatic carbocycles. The predicted octanol–water partition coefficient (Wildman–Crippen LogP) is 3.13. The molecule has 0 saturated carbocycles. The summed E-state index contributed by atoms with van der Waals surface area (Å²) in [6, 6.07) is 18.9. The van der Waals surface area contributed by atoms with Crippen molar-refractivity contribution in [1.29, 1.82) is 5.26 Å². The number of hydrogen-bond donors (Lipinski definition) is 1. The number of amides is 1. The van der Waals surface area contributed by atoms with Gasteiger partial charge in [-0.3, -0.25) is 14.4 Å². The first-order chi connectivity index (χ1) is 15.0. The van der Waals surface area contributed by atoms with Gasteiger partial charge in [-0.1, -0.05) is 36.4 Å². The third-order valence-corrected chi connectivity index (χ3v) is 4.80. The van der Waals surface area contributed by atoms with Gasteiger partial charge in [-0.05, 0) is 30.3 Å². The van der Waals surface area contributed by atoms with Crippen molar-refractivity contribution in [1.82, 2.24) is 0 Å². The van der Waals surface area contributed by atoms with Crippen LogP contribution in [-0.2, 0) is 9.53 Å². The highest BCUT2D eigenvalue weighted by atomic mass is 16.5. The molecule has 0 saturated heterocycles. The van der Waals surface area contributed by atoms with Crippen molar-refractivity contribution in [3.8, 4) is 6.07 Å². The van der Waals surface area contributed by atoms with Crippen LogP contribution in [0.2, 0.25) is 0 Å². The number of hydrogen-bond acceptors (Lipinski definition) is 6. The highest BCUT2D eigenvalue weighted by Gasteiger charge is 2.33. The molecule has 0 radical (unpaired) electrons. The van der Waals surface area contributed by atoms with Gasteiger partial charge in [0.2, 0.25) is 0 Å². The molecule has 0 aliphatic heterocycles. The van der Waals surface area contributed by atoms with Gasteiger partial charge < -0.3 is 10.1 Å². The second-order valence-corrected chi connectivity index (χ2v) is 6.75. The normalized spacial score (nSPS) is 11.7. The number of nitrogens with zero attached hydrogens (tertiary/aromatic N) is 1. The van der Waals surface area contributed by atoms with Crippen molar-refractivity contribution in [2.75, 3.05) is 11.9 Å². The molecule has 0 bridgehead atoms. The van der Waals surface area contributed by atoms with E-state index in [2.05, 4.69) is 5.32 Å². The summed E-state index contributed by atoms with van der Waals surface area (Å²) in [5, 5.41) is 11.3. The molecule has 1 amide bonds. The topological polar surface area (TPSA) is 113 Å². The lowest BCUT2D eigenvalue weighted by atomic mass is 9.82. The zero-order valence-electron chi connectivity index (χ0n) is 16.0. The lowest BCUT2D eigenvalue weighted by Gasteiger charge is -2.19. The maximum atomic E-state index is 12.9. The summed E-state index contributed by atoms with van der Waals surface area (Å²) < 4.78 is 5.08. The largest absolute Gasteiger partial charge is 0.452 e. The molecule has 7 heteroatoms. The predicted molar refractivity (Wildman–Crippen MR) is 110 cm³/mol. The average molecular weight is 410 g/mol. The standard InChI is InChI=1S/C24H14N2O5/c25-12-14-8-10-15(11-9-14)26-20(27)13-31-24(30)19-7-3-6-18-21(19)23(29)17-5-2-1-4-16(17)22(18)28/h1-11H,13H2,(H,26,27). The third-order valence-electron chi connectivity index (χ3n) is 4.80. The van der Waals surface area contributed by atoms with Gasteiger partial charge in [0.15, 0.2) is 18.2 Å². The van der Waals surface area contributed by atoms with Crippen LogP contribution in [0.4, 0.5) is 5.69 Å². The van der Waals surface area contributed by atoms with Crippen molar-refractivity contribution in [3.05, 3.63) is 100 Å². The molecular formula is C24H14N2O5. The zero-order valence-corrected chi connectivity index (χ0v) is 16.0. The molecule has 0 unspecified atom stereocenters. The minimum Gasteiger partial charge on any atom is -0.452 e. The lowest BCUT2D eigenvalue weighted by molar-refractivity contribution is -0.119. The molecule has 3 aromatic carbocycles. The van der Waals surface area contributed by atoms with Crippen LogP contribution in [0.3, 0.4) is 0 Å². The van der Waals surface area contributed by atoms with E-state index in [-0.39, 0.29) is 33.6 Å². The second-order valence-electron chi connectivity index (χ2n) is 6.75. The number of benzene rings is 3. The van der Waals surface area contributed by atoms with Crippen LogP contribution in [0.15, 0.2) is 66.7 Å². The number of rotatable bonds is 4. The third kappa shape index (κ3) is 3.70. The Morgan fingerprint density at radius 1 is 0.839 bits per heavy atom. The average Bonchev–Trinajstić information content (AvgIpc) is 2.81. The van der Waals surface area contributed by atoms with Crippen LogP contribution in [0.1, 0.15) is 47.8 Å². The molecule has 0 aromatic heterocycles. The maximum absolute atomic E-state index is 12.9. The van der Waals surface area contributed by atoms with E-state index in [9.17, 15) is 19.2 Å². The van der Waals surface area contributed by atoms with Gasteiger partial charge in [-0.2, -0.15) is 5.26 Å². The van der Waals surface area contributed by atoms with Crippen molar-refractivity contribution in [3.63, 3.8) is 0 Å². The Balaban J connectivity index is 1.51. The van der Waals surface area contributed by atoms with Crippen LogP contribution < -0.4 is 5.32 Å². The molecule has 3 aromatic rings. The quantitative estimate of drug-likeness (QED) is 0.517. The first kappa shape index (κ1) is 19.7. The van der Waals surface area contributed by atoms with Crippen LogP contribution >= 0.6 is 0 Å². The van der Waals surface area contributed by atoms with E-state index in [0.29, 0.717) is 11.3 Å². The molecule has 0 fully saturated rings. The van der Waals surface area contributed by atoms with Crippen molar-refractivity contribution in [2.45, 2.75) is 0 Å². The second kappa shape index (κ2) is 8.05. The molecular weight excluding hydrogens is 396 g/mol. The Labute approximate surface area is 176 Å². The van der Waals surface area contributed by atoms with Crippen molar-refractivity contribution < 1.29 is 23.9 Å². The molecule has 1 N–H and O–H groups in total.